The first-order chi connectivity index (χ1) is 10.1. The Morgan fingerprint density at radius 3 is 2.14 bits per heavy atom. The first-order valence-electron chi connectivity index (χ1n) is 7.77. The number of amides is 2. The topological polar surface area (TPSA) is 58.2 Å². The van der Waals surface area contributed by atoms with Crippen LogP contribution in [0.2, 0.25) is 0 Å². The highest BCUT2D eigenvalue weighted by Gasteiger charge is 2.09. The number of benzene rings is 1. The Hall–Kier alpha value is -1.84. The van der Waals surface area contributed by atoms with Crippen LogP contribution in [0.4, 0.5) is 11.4 Å². The van der Waals surface area contributed by atoms with Crippen LogP contribution in [0.25, 0.3) is 0 Å². The molecule has 116 valence electrons. The van der Waals surface area contributed by atoms with Crippen molar-refractivity contribution < 1.29 is 9.59 Å². The summed E-state index contributed by atoms with van der Waals surface area (Å²) in [6.45, 7) is 5.87. The van der Waals surface area contributed by atoms with Crippen LogP contribution in [-0.4, -0.2) is 11.8 Å². The van der Waals surface area contributed by atoms with Crippen molar-refractivity contribution in [2.75, 3.05) is 10.6 Å². The van der Waals surface area contributed by atoms with Crippen LogP contribution in [-0.2, 0) is 9.59 Å². The predicted molar refractivity (Wildman–Crippen MR) is 87.5 cm³/mol. The van der Waals surface area contributed by atoms with Crippen LogP contribution < -0.4 is 10.6 Å². The molecule has 21 heavy (non-hydrogen) atoms. The van der Waals surface area contributed by atoms with E-state index in [0.29, 0.717) is 12.8 Å². The van der Waals surface area contributed by atoms with E-state index in [1.807, 2.05) is 32.0 Å². The minimum atomic E-state index is -0.0267. The molecular weight excluding hydrogens is 264 g/mol. The smallest absolute Gasteiger partial charge is 0.224 e. The van der Waals surface area contributed by atoms with Crippen molar-refractivity contribution in [1.82, 2.24) is 0 Å². The Balaban J connectivity index is 2.60. The van der Waals surface area contributed by atoms with E-state index < -0.39 is 0 Å². The zero-order valence-electron chi connectivity index (χ0n) is 13.3. The fourth-order valence-corrected chi connectivity index (χ4v) is 2.07. The fourth-order valence-electron chi connectivity index (χ4n) is 2.07. The summed E-state index contributed by atoms with van der Waals surface area (Å²) < 4.78 is 0. The van der Waals surface area contributed by atoms with Gasteiger partial charge in [-0.05, 0) is 31.0 Å². The number of nitrogens with one attached hydrogen (secondary N) is 2. The molecule has 0 fully saturated rings. The molecule has 1 aromatic carbocycles. The first-order valence-corrected chi connectivity index (χ1v) is 7.77. The molecule has 0 aromatic heterocycles. The summed E-state index contributed by atoms with van der Waals surface area (Å²) >= 11 is 0. The van der Waals surface area contributed by atoms with Gasteiger partial charge in [0.25, 0.3) is 0 Å². The van der Waals surface area contributed by atoms with Gasteiger partial charge in [0.05, 0.1) is 0 Å². The number of carbonyl (C=O) groups is 2. The van der Waals surface area contributed by atoms with Gasteiger partial charge in [-0.15, -0.1) is 0 Å². The molecule has 1 aromatic rings. The van der Waals surface area contributed by atoms with Gasteiger partial charge in [0.15, 0.2) is 0 Å². The minimum Gasteiger partial charge on any atom is -0.326 e. The van der Waals surface area contributed by atoms with Crippen molar-refractivity contribution in [3.8, 4) is 0 Å². The molecule has 2 amide bonds. The van der Waals surface area contributed by atoms with E-state index in [1.54, 1.807) is 0 Å². The summed E-state index contributed by atoms with van der Waals surface area (Å²) in [6.07, 6.45) is 5.34. The average Bonchev–Trinajstić information content (AvgIpc) is 2.47. The maximum absolute atomic E-state index is 11.9. The molecular formula is C17H26N2O2. The van der Waals surface area contributed by atoms with Gasteiger partial charge in [-0.1, -0.05) is 39.2 Å². The van der Waals surface area contributed by atoms with Crippen molar-refractivity contribution in [3.63, 3.8) is 0 Å². The summed E-state index contributed by atoms with van der Waals surface area (Å²) in [4.78, 5) is 23.4. The number of hydrogen-bond donors (Lipinski definition) is 2. The highest BCUT2D eigenvalue weighted by atomic mass is 16.2. The number of anilines is 2. The highest BCUT2D eigenvalue weighted by molar-refractivity contribution is 5.95. The van der Waals surface area contributed by atoms with E-state index in [2.05, 4.69) is 17.6 Å². The van der Waals surface area contributed by atoms with Gasteiger partial charge in [-0.3, -0.25) is 9.59 Å². The number of rotatable bonds is 8. The van der Waals surface area contributed by atoms with Crippen molar-refractivity contribution in [2.24, 2.45) is 0 Å². The van der Waals surface area contributed by atoms with Crippen LogP contribution in [0.5, 0.6) is 0 Å². The molecule has 0 aliphatic rings. The van der Waals surface area contributed by atoms with E-state index in [0.717, 1.165) is 29.8 Å². The molecule has 2 N–H and O–H groups in total. The standard InChI is InChI=1S/C17H26N2O2/c1-4-6-7-8-12-17(21)19-15-11-9-10-14(13(15)3)18-16(20)5-2/h9-11H,4-8,12H2,1-3H3,(H,18,20)(H,19,21). The lowest BCUT2D eigenvalue weighted by Crippen LogP contribution is -2.14. The maximum Gasteiger partial charge on any atom is 0.224 e. The van der Waals surface area contributed by atoms with Crippen molar-refractivity contribution in [1.29, 1.82) is 0 Å². The molecule has 0 saturated carbocycles. The maximum atomic E-state index is 11.9. The third-order valence-corrected chi connectivity index (χ3v) is 3.46. The highest BCUT2D eigenvalue weighted by Crippen LogP contribution is 2.23. The van der Waals surface area contributed by atoms with Gasteiger partial charge in [0.1, 0.15) is 0 Å². The molecule has 4 heteroatoms. The zero-order chi connectivity index (χ0) is 15.7. The summed E-state index contributed by atoms with van der Waals surface area (Å²) in [5.41, 5.74) is 2.41. The van der Waals surface area contributed by atoms with Gasteiger partial charge in [0, 0.05) is 24.2 Å². The molecule has 0 aliphatic heterocycles. The largest absolute Gasteiger partial charge is 0.326 e. The molecule has 0 radical (unpaired) electrons. The molecule has 0 unspecified atom stereocenters. The Morgan fingerprint density at radius 1 is 0.952 bits per heavy atom. The summed E-state index contributed by atoms with van der Waals surface area (Å²) in [7, 11) is 0. The Kier molecular flexibility index (Phi) is 7.51. The lowest BCUT2D eigenvalue weighted by atomic mass is 10.1. The molecule has 0 heterocycles. The molecule has 4 nitrogen and oxygen atoms in total. The van der Waals surface area contributed by atoms with Crippen LogP contribution >= 0.6 is 0 Å². The predicted octanol–water partition coefficient (Wildman–Crippen LogP) is 4.25. The van der Waals surface area contributed by atoms with Crippen molar-refractivity contribution in [3.05, 3.63) is 23.8 Å². The summed E-state index contributed by atoms with van der Waals surface area (Å²) in [6, 6.07) is 5.55. The summed E-state index contributed by atoms with van der Waals surface area (Å²) in [5.74, 6) is 0.00862. The molecule has 0 aliphatic carbocycles. The normalized spacial score (nSPS) is 10.2. The Morgan fingerprint density at radius 2 is 1.57 bits per heavy atom. The lowest BCUT2D eigenvalue weighted by molar-refractivity contribution is -0.116. The zero-order valence-corrected chi connectivity index (χ0v) is 13.3. The van der Waals surface area contributed by atoms with E-state index >= 15 is 0 Å². The average molecular weight is 290 g/mol. The van der Waals surface area contributed by atoms with Crippen LogP contribution in [0.15, 0.2) is 18.2 Å². The Labute approximate surface area is 127 Å². The van der Waals surface area contributed by atoms with E-state index in [9.17, 15) is 9.59 Å². The number of unbranched alkanes of at least 4 members (excludes halogenated alkanes) is 3. The third kappa shape index (κ3) is 5.98. The van der Waals surface area contributed by atoms with Gasteiger partial charge >= 0.3 is 0 Å². The second-order valence-electron chi connectivity index (χ2n) is 5.24. The van der Waals surface area contributed by atoms with E-state index in [-0.39, 0.29) is 11.8 Å². The lowest BCUT2D eigenvalue weighted by Gasteiger charge is -2.13. The minimum absolute atomic E-state index is 0.0267. The van der Waals surface area contributed by atoms with Gasteiger partial charge in [-0.2, -0.15) is 0 Å². The SMILES string of the molecule is CCCCCCC(=O)Nc1cccc(NC(=O)CC)c1C. The van der Waals surface area contributed by atoms with Gasteiger partial charge < -0.3 is 10.6 Å². The fraction of sp³-hybridized carbons (Fsp3) is 0.529. The van der Waals surface area contributed by atoms with Crippen LogP contribution in [0.3, 0.4) is 0 Å². The van der Waals surface area contributed by atoms with E-state index in [4.69, 9.17) is 0 Å². The van der Waals surface area contributed by atoms with Crippen LogP contribution in [0, 0.1) is 6.92 Å². The van der Waals surface area contributed by atoms with E-state index in [1.165, 1.54) is 12.8 Å². The number of carbonyl (C=O) groups excluding carboxylic acids is 2. The molecule has 0 bridgehead atoms. The van der Waals surface area contributed by atoms with Crippen molar-refractivity contribution in [2.45, 2.75) is 59.3 Å². The number of hydrogen-bond acceptors (Lipinski definition) is 2. The molecule has 0 atom stereocenters. The molecule has 0 spiro atoms. The first kappa shape index (κ1) is 17.2. The third-order valence-electron chi connectivity index (χ3n) is 3.46. The Bertz CT molecular complexity index is 484. The second kappa shape index (κ2) is 9.16. The monoisotopic (exact) mass is 290 g/mol. The van der Waals surface area contributed by atoms with Crippen LogP contribution in [0.1, 0.15) is 57.9 Å². The summed E-state index contributed by atoms with van der Waals surface area (Å²) in [5, 5.41) is 5.77. The van der Waals surface area contributed by atoms with Gasteiger partial charge in [-0.25, -0.2) is 0 Å². The molecule has 1 rings (SSSR count). The quantitative estimate of drug-likeness (QED) is 0.703. The second-order valence-corrected chi connectivity index (χ2v) is 5.24. The van der Waals surface area contributed by atoms with Crippen molar-refractivity contribution >= 4 is 23.2 Å². The van der Waals surface area contributed by atoms with Gasteiger partial charge in [0.2, 0.25) is 11.8 Å². The molecule has 0 saturated heterocycles.